The number of nitrogens with zero attached hydrogens (tertiary/aromatic N) is 3. The first-order valence-corrected chi connectivity index (χ1v) is 13.2. The Morgan fingerprint density at radius 1 is 1.00 bits per heavy atom. The predicted octanol–water partition coefficient (Wildman–Crippen LogP) is 4.15. The molecule has 40 heavy (non-hydrogen) atoms. The van der Waals surface area contributed by atoms with E-state index in [-0.39, 0.29) is 11.6 Å². The molecule has 0 bridgehead atoms. The number of aromatic nitrogens is 1. The number of hydrogen-bond acceptors (Lipinski definition) is 5. The molecule has 2 amide bonds. The van der Waals surface area contributed by atoms with Gasteiger partial charge in [0, 0.05) is 37.8 Å². The SMILES string of the molecule is CC(NC(=O)c1c(O)c(=O)n(C)c2ccccc12)c1cccc(N2CCN(C(=O)O)[C@@H](Cc3ccccc3)C2)c1. The van der Waals surface area contributed by atoms with Gasteiger partial charge in [-0.15, -0.1) is 0 Å². The lowest BCUT2D eigenvalue weighted by atomic mass is 10.0. The quantitative estimate of drug-likeness (QED) is 0.339. The number of pyridine rings is 1. The topological polar surface area (TPSA) is 115 Å². The third-order valence-corrected chi connectivity index (χ3v) is 7.63. The number of anilines is 1. The highest BCUT2D eigenvalue weighted by molar-refractivity contribution is 6.08. The van der Waals surface area contributed by atoms with E-state index in [9.17, 15) is 24.6 Å². The van der Waals surface area contributed by atoms with Crippen LogP contribution in [-0.4, -0.2) is 57.4 Å². The zero-order chi connectivity index (χ0) is 28.4. The van der Waals surface area contributed by atoms with Crippen molar-refractivity contribution in [1.29, 1.82) is 0 Å². The number of amides is 2. The molecule has 1 unspecified atom stereocenters. The fourth-order valence-electron chi connectivity index (χ4n) is 5.46. The number of hydrogen-bond donors (Lipinski definition) is 3. The van der Waals surface area contributed by atoms with E-state index in [2.05, 4.69) is 10.2 Å². The fraction of sp³-hybridized carbons (Fsp3) is 0.258. The lowest BCUT2D eigenvalue weighted by Crippen LogP contribution is -2.55. The lowest BCUT2D eigenvalue weighted by Gasteiger charge is -2.41. The minimum Gasteiger partial charge on any atom is -0.502 e. The van der Waals surface area contributed by atoms with Gasteiger partial charge in [0.15, 0.2) is 5.75 Å². The van der Waals surface area contributed by atoms with Crippen molar-refractivity contribution in [1.82, 2.24) is 14.8 Å². The Balaban J connectivity index is 1.36. The summed E-state index contributed by atoms with van der Waals surface area (Å²) in [7, 11) is 1.56. The Labute approximate surface area is 231 Å². The van der Waals surface area contributed by atoms with Gasteiger partial charge in [0.05, 0.1) is 23.2 Å². The number of nitrogens with one attached hydrogen (secondary N) is 1. The van der Waals surface area contributed by atoms with Crippen molar-refractivity contribution in [2.45, 2.75) is 25.4 Å². The summed E-state index contributed by atoms with van der Waals surface area (Å²) in [6.07, 6.45) is -0.304. The summed E-state index contributed by atoms with van der Waals surface area (Å²) in [5.41, 5.74) is 2.73. The molecule has 0 radical (unpaired) electrons. The molecule has 0 saturated carbocycles. The molecule has 3 N–H and O–H groups in total. The molecule has 206 valence electrons. The first-order chi connectivity index (χ1) is 19.2. The number of rotatable bonds is 6. The highest BCUT2D eigenvalue weighted by Crippen LogP contribution is 2.27. The van der Waals surface area contributed by atoms with Crippen LogP contribution in [0.3, 0.4) is 0 Å². The molecule has 3 aromatic carbocycles. The van der Waals surface area contributed by atoms with Crippen LogP contribution in [0.5, 0.6) is 5.75 Å². The van der Waals surface area contributed by atoms with Crippen molar-refractivity contribution in [3.05, 3.63) is 106 Å². The Morgan fingerprint density at radius 2 is 1.73 bits per heavy atom. The molecule has 2 atom stereocenters. The van der Waals surface area contributed by atoms with Gasteiger partial charge in [0.2, 0.25) is 0 Å². The van der Waals surface area contributed by atoms with E-state index < -0.39 is 29.4 Å². The summed E-state index contributed by atoms with van der Waals surface area (Å²) < 4.78 is 1.32. The predicted molar refractivity (Wildman–Crippen MR) is 154 cm³/mol. The maximum absolute atomic E-state index is 13.3. The zero-order valence-electron chi connectivity index (χ0n) is 22.4. The number of benzene rings is 3. The number of carboxylic acid groups (broad SMARTS) is 1. The molecule has 0 spiro atoms. The number of para-hydroxylation sites is 1. The maximum Gasteiger partial charge on any atom is 0.407 e. The average molecular weight is 541 g/mol. The van der Waals surface area contributed by atoms with Crippen LogP contribution in [-0.2, 0) is 13.5 Å². The zero-order valence-corrected chi connectivity index (χ0v) is 22.4. The van der Waals surface area contributed by atoms with Gasteiger partial charge in [0.25, 0.3) is 11.5 Å². The molecule has 0 aliphatic carbocycles. The third kappa shape index (κ3) is 5.22. The molecule has 1 fully saturated rings. The van der Waals surface area contributed by atoms with Crippen LogP contribution in [0.4, 0.5) is 10.5 Å². The van der Waals surface area contributed by atoms with Gasteiger partial charge in [-0.1, -0.05) is 60.7 Å². The first-order valence-electron chi connectivity index (χ1n) is 13.2. The minimum absolute atomic E-state index is 0.0461. The second kappa shape index (κ2) is 11.1. The van der Waals surface area contributed by atoms with Gasteiger partial charge in [-0.05, 0) is 42.7 Å². The summed E-state index contributed by atoms with van der Waals surface area (Å²) in [4.78, 5) is 41.5. The van der Waals surface area contributed by atoms with Crippen LogP contribution in [0.2, 0.25) is 0 Å². The summed E-state index contributed by atoms with van der Waals surface area (Å²) >= 11 is 0. The second-order valence-corrected chi connectivity index (χ2v) is 10.2. The van der Waals surface area contributed by atoms with E-state index in [1.807, 2.05) is 61.5 Å². The molecular weight excluding hydrogens is 508 g/mol. The van der Waals surface area contributed by atoms with Crippen molar-refractivity contribution in [2.24, 2.45) is 7.05 Å². The Morgan fingerprint density at radius 3 is 2.48 bits per heavy atom. The molecular formula is C31H32N4O5. The van der Waals surface area contributed by atoms with E-state index in [1.165, 1.54) is 9.47 Å². The molecule has 1 aliphatic heterocycles. The monoisotopic (exact) mass is 540 g/mol. The van der Waals surface area contributed by atoms with Crippen molar-refractivity contribution < 1.29 is 19.8 Å². The van der Waals surface area contributed by atoms with Crippen LogP contribution < -0.4 is 15.8 Å². The number of carbonyl (C=O) groups is 2. The Hall–Kier alpha value is -4.79. The third-order valence-electron chi connectivity index (χ3n) is 7.63. The van der Waals surface area contributed by atoms with Crippen LogP contribution in [0.15, 0.2) is 83.7 Å². The molecule has 4 aromatic rings. The Kier molecular flexibility index (Phi) is 7.46. The van der Waals surface area contributed by atoms with E-state index in [4.69, 9.17) is 0 Å². The van der Waals surface area contributed by atoms with Crippen LogP contribution in [0.25, 0.3) is 10.9 Å². The average Bonchev–Trinajstić information content (AvgIpc) is 2.96. The van der Waals surface area contributed by atoms with Gasteiger partial charge >= 0.3 is 6.09 Å². The van der Waals surface area contributed by atoms with E-state index in [0.717, 1.165) is 16.8 Å². The van der Waals surface area contributed by atoms with Gasteiger partial charge in [-0.3, -0.25) is 9.59 Å². The van der Waals surface area contributed by atoms with Gasteiger partial charge in [0.1, 0.15) is 0 Å². The van der Waals surface area contributed by atoms with Gasteiger partial charge < -0.3 is 29.9 Å². The maximum atomic E-state index is 13.3. The fourth-order valence-corrected chi connectivity index (χ4v) is 5.46. The number of carbonyl (C=O) groups excluding carboxylic acids is 1. The second-order valence-electron chi connectivity index (χ2n) is 10.2. The van der Waals surface area contributed by atoms with Crippen LogP contribution >= 0.6 is 0 Å². The van der Waals surface area contributed by atoms with Crippen molar-refractivity contribution in [3.63, 3.8) is 0 Å². The number of aryl methyl sites for hydroxylation is 1. The van der Waals surface area contributed by atoms with Crippen molar-refractivity contribution >= 4 is 28.6 Å². The molecule has 2 heterocycles. The summed E-state index contributed by atoms with van der Waals surface area (Å²) in [5.74, 6) is -1.12. The van der Waals surface area contributed by atoms with E-state index >= 15 is 0 Å². The molecule has 1 aliphatic rings. The molecule has 9 nitrogen and oxygen atoms in total. The van der Waals surface area contributed by atoms with Crippen LogP contribution in [0.1, 0.15) is 34.5 Å². The highest BCUT2D eigenvalue weighted by atomic mass is 16.4. The standard InChI is InChI=1S/C31H32N4O5/c1-20(32-29(37)27-25-13-6-7-14-26(25)33(2)30(38)28(27)36)22-11-8-12-23(18-22)34-15-16-35(31(39)40)24(19-34)17-21-9-4-3-5-10-21/h3-14,18,20,24,36H,15-17,19H2,1-2H3,(H,32,37)(H,39,40)/t20?,24-/m0/s1. The summed E-state index contributed by atoms with van der Waals surface area (Å²) in [6, 6.07) is 24.0. The number of aromatic hydroxyl groups is 1. The van der Waals surface area contributed by atoms with Crippen LogP contribution in [0, 0.1) is 0 Å². The van der Waals surface area contributed by atoms with E-state index in [0.29, 0.717) is 37.0 Å². The number of piperazine rings is 1. The summed E-state index contributed by atoms with van der Waals surface area (Å²) in [6.45, 7) is 3.32. The number of fused-ring (bicyclic) bond motifs is 1. The van der Waals surface area contributed by atoms with Gasteiger partial charge in [-0.25, -0.2) is 4.79 Å². The highest BCUT2D eigenvalue weighted by Gasteiger charge is 2.31. The first kappa shape index (κ1) is 26.8. The largest absolute Gasteiger partial charge is 0.502 e. The molecule has 5 rings (SSSR count). The van der Waals surface area contributed by atoms with Crippen molar-refractivity contribution in [2.75, 3.05) is 24.5 Å². The van der Waals surface area contributed by atoms with Crippen molar-refractivity contribution in [3.8, 4) is 5.75 Å². The molecule has 9 heteroatoms. The van der Waals surface area contributed by atoms with Gasteiger partial charge in [-0.2, -0.15) is 0 Å². The molecule has 1 aromatic heterocycles. The minimum atomic E-state index is -0.919. The van der Waals surface area contributed by atoms with E-state index in [1.54, 1.807) is 31.3 Å². The molecule has 1 saturated heterocycles. The summed E-state index contributed by atoms with van der Waals surface area (Å²) in [5, 5.41) is 23.8. The normalized spacial score (nSPS) is 16.1. The Bertz CT molecular complexity index is 1620. The lowest BCUT2D eigenvalue weighted by molar-refractivity contribution is 0.0938. The smallest absolute Gasteiger partial charge is 0.407 e.